The quantitative estimate of drug-likeness (QED) is 0.848. The summed E-state index contributed by atoms with van der Waals surface area (Å²) in [5.74, 6) is 0.829. The van der Waals surface area contributed by atoms with E-state index in [1.165, 1.54) is 48.9 Å². The molecule has 0 amide bonds. The fourth-order valence-electron chi connectivity index (χ4n) is 2.77. The van der Waals surface area contributed by atoms with Gasteiger partial charge < -0.3 is 5.32 Å². The zero-order chi connectivity index (χ0) is 11.5. The van der Waals surface area contributed by atoms with Crippen LogP contribution in [-0.2, 0) is 6.42 Å². The van der Waals surface area contributed by atoms with Crippen LogP contribution in [0.1, 0.15) is 24.8 Å². The number of thiophene rings is 1. The fraction of sp³-hybridized carbons (Fsp3) is 0.467. The van der Waals surface area contributed by atoms with Crippen molar-refractivity contribution >= 4 is 21.4 Å². The van der Waals surface area contributed by atoms with E-state index in [9.17, 15) is 0 Å². The summed E-state index contributed by atoms with van der Waals surface area (Å²) >= 11 is 1.89. The molecule has 17 heavy (non-hydrogen) atoms. The Bertz CT molecular complexity index is 480. The van der Waals surface area contributed by atoms with Crippen LogP contribution in [0.3, 0.4) is 0 Å². The molecule has 2 heterocycles. The Labute approximate surface area is 107 Å². The maximum absolute atomic E-state index is 3.56. The van der Waals surface area contributed by atoms with Crippen LogP contribution < -0.4 is 5.32 Å². The van der Waals surface area contributed by atoms with Crippen molar-refractivity contribution in [2.45, 2.75) is 25.7 Å². The third-order valence-electron chi connectivity index (χ3n) is 3.72. The monoisotopic (exact) mass is 245 g/mol. The molecule has 0 aliphatic carbocycles. The van der Waals surface area contributed by atoms with Crippen LogP contribution in [0, 0.1) is 5.92 Å². The lowest BCUT2D eigenvalue weighted by Crippen LogP contribution is -2.21. The summed E-state index contributed by atoms with van der Waals surface area (Å²) in [6.45, 7) is 2.41. The molecule has 1 N–H and O–H groups in total. The number of benzene rings is 1. The molecule has 2 heteroatoms. The molecule has 0 radical (unpaired) electrons. The number of hydrogen-bond donors (Lipinski definition) is 1. The number of rotatable bonds is 2. The Hall–Kier alpha value is -0.860. The minimum absolute atomic E-state index is 0.829. The van der Waals surface area contributed by atoms with Gasteiger partial charge in [-0.15, -0.1) is 11.3 Å². The highest BCUT2D eigenvalue weighted by Gasteiger charge is 2.14. The predicted octanol–water partition coefficient (Wildman–Crippen LogP) is 3.83. The van der Waals surface area contributed by atoms with Crippen LogP contribution in [0.15, 0.2) is 29.6 Å². The van der Waals surface area contributed by atoms with Gasteiger partial charge in [0, 0.05) is 4.70 Å². The Morgan fingerprint density at radius 1 is 1.24 bits per heavy atom. The third kappa shape index (κ3) is 2.53. The van der Waals surface area contributed by atoms with E-state index in [2.05, 4.69) is 35.0 Å². The predicted molar refractivity (Wildman–Crippen MR) is 75.7 cm³/mol. The van der Waals surface area contributed by atoms with Gasteiger partial charge in [0.25, 0.3) is 0 Å². The highest BCUT2D eigenvalue weighted by Crippen LogP contribution is 2.28. The molecular formula is C15H19NS. The molecule has 1 saturated heterocycles. The first-order chi connectivity index (χ1) is 8.43. The van der Waals surface area contributed by atoms with Gasteiger partial charge in [0.15, 0.2) is 0 Å². The SMILES string of the molecule is c1ccc2c(CC3CCCCNC3)csc2c1. The smallest absolute Gasteiger partial charge is 0.0345 e. The highest BCUT2D eigenvalue weighted by molar-refractivity contribution is 7.17. The number of hydrogen-bond acceptors (Lipinski definition) is 2. The third-order valence-corrected chi connectivity index (χ3v) is 4.73. The molecule has 0 spiro atoms. The molecule has 3 rings (SSSR count). The van der Waals surface area contributed by atoms with Gasteiger partial charge in [0.2, 0.25) is 0 Å². The molecule has 90 valence electrons. The summed E-state index contributed by atoms with van der Waals surface area (Å²) in [6, 6.07) is 8.79. The van der Waals surface area contributed by atoms with Crippen molar-refractivity contribution in [2.24, 2.45) is 5.92 Å². The van der Waals surface area contributed by atoms with Gasteiger partial charge in [-0.25, -0.2) is 0 Å². The zero-order valence-corrected chi connectivity index (χ0v) is 10.9. The fourth-order valence-corrected chi connectivity index (χ4v) is 3.74. The summed E-state index contributed by atoms with van der Waals surface area (Å²) < 4.78 is 1.43. The van der Waals surface area contributed by atoms with Crippen LogP contribution in [-0.4, -0.2) is 13.1 Å². The van der Waals surface area contributed by atoms with Gasteiger partial charge in [-0.05, 0) is 60.7 Å². The van der Waals surface area contributed by atoms with E-state index in [4.69, 9.17) is 0 Å². The lowest BCUT2D eigenvalue weighted by atomic mass is 9.95. The van der Waals surface area contributed by atoms with Crippen molar-refractivity contribution in [1.82, 2.24) is 5.32 Å². The molecule has 1 fully saturated rings. The highest BCUT2D eigenvalue weighted by atomic mass is 32.1. The van der Waals surface area contributed by atoms with Crippen LogP contribution in [0.4, 0.5) is 0 Å². The van der Waals surface area contributed by atoms with E-state index in [0.717, 1.165) is 5.92 Å². The van der Waals surface area contributed by atoms with E-state index < -0.39 is 0 Å². The largest absolute Gasteiger partial charge is 0.316 e. The molecular weight excluding hydrogens is 226 g/mol. The van der Waals surface area contributed by atoms with Gasteiger partial charge in [-0.1, -0.05) is 24.6 Å². The molecule has 1 aliphatic heterocycles. The van der Waals surface area contributed by atoms with Crippen molar-refractivity contribution in [3.63, 3.8) is 0 Å². The summed E-state index contributed by atoms with van der Waals surface area (Å²) in [6.07, 6.45) is 5.37. The first-order valence-electron chi connectivity index (χ1n) is 6.59. The summed E-state index contributed by atoms with van der Waals surface area (Å²) in [4.78, 5) is 0. The molecule has 1 aliphatic rings. The first-order valence-corrected chi connectivity index (χ1v) is 7.47. The summed E-state index contributed by atoms with van der Waals surface area (Å²) in [5, 5.41) is 7.39. The van der Waals surface area contributed by atoms with Gasteiger partial charge in [-0.2, -0.15) is 0 Å². The van der Waals surface area contributed by atoms with E-state index in [1.54, 1.807) is 5.56 Å². The topological polar surface area (TPSA) is 12.0 Å². The Morgan fingerprint density at radius 3 is 3.18 bits per heavy atom. The van der Waals surface area contributed by atoms with Crippen LogP contribution in [0.5, 0.6) is 0 Å². The van der Waals surface area contributed by atoms with Crippen molar-refractivity contribution in [3.05, 3.63) is 35.2 Å². The minimum atomic E-state index is 0.829. The van der Waals surface area contributed by atoms with E-state index in [1.807, 2.05) is 11.3 Å². The molecule has 1 unspecified atom stereocenters. The molecule has 1 aromatic carbocycles. The van der Waals surface area contributed by atoms with Crippen LogP contribution >= 0.6 is 11.3 Å². The molecule has 0 bridgehead atoms. The molecule has 1 atom stereocenters. The Kier molecular flexibility index (Phi) is 3.44. The lowest BCUT2D eigenvalue weighted by molar-refractivity contribution is 0.479. The van der Waals surface area contributed by atoms with Crippen molar-refractivity contribution in [2.75, 3.05) is 13.1 Å². The molecule has 1 aromatic heterocycles. The number of fused-ring (bicyclic) bond motifs is 1. The Balaban J connectivity index is 1.79. The van der Waals surface area contributed by atoms with Gasteiger partial charge in [-0.3, -0.25) is 0 Å². The average molecular weight is 245 g/mol. The van der Waals surface area contributed by atoms with E-state index >= 15 is 0 Å². The molecule has 1 nitrogen and oxygen atoms in total. The standard InChI is InChI=1S/C15H19NS/c1-2-7-15-14(6-1)13(11-17-15)9-12-5-3-4-8-16-10-12/h1-2,6-7,11-12,16H,3-5,8-10H2. The normalized spacial score (nSPS) is 21.5. The van der Waals surface area contributed by atoms with E-state index in [-0.39, 0.29) is 0 Å². The van der Waals surface area contributed by atoms with Gasteiger partial charge >= 0.3 is 0 Å². The van der Waals surface area contributed by atoms with Crippen molar-refractivity contribution in [3.8, 4) is 0 Å². The van der Waals surface area contributed by atoms with Crippen LogP contribution in [0.2, 0.25) is 0 Å². The summed E-state index contributed by atoms with van der Waals surface area (Å²) in [7, 11) is 0. The second kappa shape index (κ2) is 5.19. The second-order valence-electron chi connectivity index (χ2n) is 5.03. The minimum Gasteiger partial charge on any atom is -0.316 e. The maximum atomic E-state index is 3.56. The van der Waals surface area contributed by atoms with Gasteiger partial charge in [0.1, 0.15) is 0 Å². The van der Waals surface area contributed by atoms with E-state index in [0.29, 0.717) is 0 Å². The maximum Gasteiger partial charge on any atom is 0.0345 e. The Morgan fingerprint density at radius 2 is 2.18 bits per heavy atom. The molecule has 0 saturated carbocycles. The second-order valence-corrected chi connectivity index (χ2v) is 5.94. The average Bonchev–Trinajstić information content (AvgIpc) is 2.59. The zero-order valence-electron chi connectivity index (χ0n) is 10.1. The lowest BCUT2D eigenvalue weighted by Gasteiger charge is -2.13. The van der Waals surface area contributed by atoms with Crippen LogP contribution in [0.25, 0.3) is 10.1 Å². The molecule has 2 aromatic rings. The van der Waals surface area contributed by atoms with Crippen molar-refractivity contribution in [1.29, 1.82) is 0 Å². The number of nitrogens with one attached hydrogen (secondary N) is 1. The first kappa shape index (κ1) is 11.2. The summed E-state index contributed by atoms with van der Waals surface area (Å²) in [5.41, 5.74) is 1.55. The van der Waals surface area contributed by atoms with Gasteiger partial charge in [0.05, 0.1) is 0 Å². The van der Waals surface area contributed by atoms with Crippen molar-refractivity contribution < 1.29 is 0 Å².